The molecule has 0 saturated carbocycles. The van der Waals surface area contributed by atoms with Crippen LogP contribution in [0.15, 0.2) is 23.3 Å². The van der Waals surface area contributed by atoms with Crippen LogP contribution in [-0.4, -0.2) is 6.17 Å². The third-order valence-corrected chi connectivity index (χ3v) is 1.27. The summed E-state index contributed by atoms with van der Waals surface area (Å²) in [5.74, 6) is -7.46. The van der Waals surface area contributed by atoms with Crippen molar-refractivity contribution in [2.75, 3.05) is 0 Å². The maximum absolute atomic E-state index is 12.1. The highest BCUT2D eigenvalue weighted by Crippen LogP contribution is 2.34. The molecular formula is C6H3F5. The van der Waals surface area contributed by atoms with Gasteiger partial charge in [-0.3, -0.25) is 0 Å². The van der Waals surface area contributed by atoms with E-state index >= 15 is 0 Å². The Bertz CT molecular complexity index is 239. The lowest BCUT2D eigenvalue weighted by Gasteiger charge is -2.10. The quantitative estimate of drug-likeness (QED) is 0.490. The Morgan fingerprint density at radius 3 is 2.09 bits per heavy atom. The molecule has 0 spiro atoms. The molecule has 0 N–H and O–H groups in total. The van der Waals surface area contributed by atoms with E-state index in [1.807, 2.05) is 0 Å². The highest BCUT2D eigenvalue weighted by atomic mass is 19.2. The van der Waals surface area contributed by atoms with Gasteiger partial charge in [0.15, 0.2) is 23.7 Å². The largest absolute Gasteiger partial charge is 0.239 e. The molecule has 0 aromatic rings. The summed E-state index contributed by atoms with van der Waals surface area (Å²) in [7, 11) is 0. The Hall–Kier alpha value is -0.870. The van der Waals surface area contributed by atoms with E-state index in [1.165, 1.54) is 0 Å². The standard InChI is InChI=1S/C6H3F5/c7-2-1-3(8)5(10)6(11)4(2)9/h2H,1H2. The van der Waals surface area contributed by atoms with E-state index < -0.39 is 35.9 Å². The zero-order valence-corrected chi connectivity index (χ0v) is 5.17. The topological polar surface area (TPSA) is 0 Å². The Morgan fingerprint density at radius 2 is 1.55 bits per heavy atom. The molecule has 0 fully saturated rings. The van der Waals surface area contributed by atoms with E-state index in [9.17, 15) is 22.0 Å². The molecule has 0 amide bonds. The Morgan fingerprint density at radius 1 is 1.00 bits per heavy atom. The SMILES string of the molecule is FC1=C(F)C(F)=C(F)C(F)C1. The van der Waals surface area contributed by atoms with Crippen LogP contribution in [0, 0.1) is 0 Å². The molecule has 0 heterocycles. The maximum atomic E-state index is 12.1. The average Bonchev–Trinajstić information content (AvgIpc) is 1.97. The second-order valence-corrected chi connectivity index (χ2v) is 2.05. The molecule has 0 bridgehead atoms. The van der Waals surface area contributed by atoms with Gasteiger partial charge in [-0.05, 0) is 0 Å². The van der Waals surface area contributed by atoms with Gasteiger partial charge in [-0.2, -0.15) is 0 Å². The molecule has 1 atom stereocenters. The van der Waals surface area contributed by atoms with E-state index in [2.05, 4.69) is 0 Å². The van der Waals surface area contributed by atoms with Gasteiger partial charge in [0.25, 0.3) is 0 Å². The first-order valence-corrected chi connectivity index (χ1v) is 2.77. The van der Waals surface area contributed by atoms with Crippen LogP contribution in [0.1, 0.15) is 6.42 Å². The van der Waals surface area contributed by atoms with Crippen molar-refractivity contribution >= 4 is 0 Å². The van der Waals surface area contributed by atoms with Gasteiger partial charge in [-0.25, -0.2) is 22.0 Å². The minimum absolute atomic E-state index is 1.06. The van der Waals surface area contributed by atoms with E-state index in [0.29, 0.717) is 0 Å². The van der Waals surface area contributed by atoms with Crippen LogP contribution in [0.3, 0.4) is 0 Å². The van der Waals surface area contributed by atoms with Crippen molar-refractivity contribution in [2.45, 2.75) is 12.6 Å². The molecule has 0 aromatic carbocycles. The van der Waals surface area contributed by atoms with Crippen LogP contribution in [0.5, 0.6) is 0 Å². The van der Waals surface area contributed by atoms with E-state index in [4.69, 9.17) is 0 Å². The highest BCUT2D eigenvalue weighted by molar-refractivity contribution is 5.31. The third-order valence-electron chi connectivity index (χ3n) is 1.27. The van der Waals surface area contributed by atoms with Crippen molar-refractivity contribution < 1.29 is 22.0 Å². The molecule has 62 valence electrons. The molecule has 0 saturated heterocycles. The molecule has 11 heavy (non-hydrogen) atoms. The summed E-state index contributed by atoms with van der Waals surface area (Å²) in [4.78, 5) is 0. The van der Waals surface area contributed by atoms with E-state index in [1.54, 1.807) is 0 Å². The van der Waals surface area contributed by atoms with Crippen LogP contribution < -0.4 is 0 Å². The van der Waals surface area contributed by atoms with Crippen LogP contribution in [-0.2, 0) is 0 Å². The van der Waals surface area contributed by atoms with Gasteiger partial charge in [0.1, 0.15) is 5.83 Å². The van der Waals surface area contributed by atoms with Crippen LogP contribution in [0.2, 0.25) is 0 Å². The van der Waals surface area contributed by atoms with Gasteiger partial charge < -0.3 is 0 Å². The Labute approximate surface area is 59.0 Å². The number of alkyl halides is 1. The Balaban J connectivity index is 3.07. The number of hydrogen-bond donors (Lipinski definition) is 0. The summed E-state index contributed by atoms with van der Waals surface area (Å²) in [5, 5.41) is 0. The second kappa shape index (κ2) is 2.64. The van der Waals surface area contributed by atoms with Crippen molar-refractivity contribution in [1.29, 1.82) is 0 Å². The van der Waals surface area contributed by atoms with Gasteiger partial charge in [0.05, 0.1) is 0 Å². The Kier molecular flexibility index (Phi) is 1.97. The van der Waals surface area contributed by atoms with Crippen LogP contribution in [0.25, 0.3) is 0 Å². The monoisotopic (exact) mass is 170 g/mol. The highest BCUT2D eigenvalue weighted by Gasteiger charge is 2.30. The summed E-state index contributed by atoms with van der Waals surface area (Å²) in [6.07, 6.45) is -3.46. The minimum atomic E-state index is -2.39. The van der Waals surface area contributed by atoms with E-state index in [0.717, 1.165) is 0 Å². The van der Waals surface area contributed by atoms with Gasteiger partial charge in [0, 0.05) is 6.42 Å². The number of rotatable bonds is 0. The molecule has 0 aliphatic heterocycles. The fourth-order valence-electron chi connectivity index (χ4n) is 0.698. The number of hydrogen-bond acceptors (Lipinski definition) is 0. The van der Waals surface area contributed by atoms with Gasteiger partial charge >= 0.3 is 0 Å². The van der Waals surface area contributed by atoms with Gasteiger partial charge in [0.2, 0.25) is 0 Å². The van der Waals surface area contributed by atoms with E-state index in [-0.39, 0.29) is 0 Å². The molecule has 5 heteroatoms. The summed E-state index contributed by atoms with van der Waals surface area (Å²) < 4.78 is 60.4. The minimum Gasteiger partial charge on any atom is -0.239 e. The molecule has 1 aliphatic rings. The normalized spacial score (nSPS) is 26.5. The summed E-state index contributed by atoms with van der Waals surface area (Å²) in [5.41, 5.74) is 0. The molecule has 0 aromatic heterocycles. The first-order chi connectivity index (χ1) is 5.04. The second-order valence-electron chi connectivity index (χ2n) is 2.05. The third kappa shape index (κ3) is 1.27. The van der Waals surface area contributed by atoms with Gasteiger partial charge in [-0.1, -0.05) is 0 Å². The molecule has 0 nitrogen and oxygen atoms in total. The maximum Gasteiger partial charge on any atom is 0.195 e. The first-order valence-electron chi connectivity index (χ1n) is 2.77. The van der Waals surface area contributed by atoms with Crippen molar-refractivity contribution in [3.8, 4) is 0 Å². The molecule has 0 radical (unpaired) electrons. The molecule has 1 rings (SSSR count). The lowest BCUT2D eigenvalue weighted by Crippen LogP contribution is -2.09. The summed E-state index contributed by atoms with van der Waals surface area (Å²) in [6.45, 7) is 0. The van der Waals surface area contributed by atoms with Crippen molar-refractivity contribution in [3.63, 3.8) is 0 Å². The number of allylic oxidation sites excluding steroid dienone is 4. The fraction of sp³-hybridized carbons (Fsp3) is 0.333. The van der Waals surface area contributed by atoms with Crippen molar-refractivity contribution in [2.24, 2.45) is 0 Å². The molecule has 1 unspecified atom stereocenters. The van der Waals surface area contributed by atoms with Crippen molar-refractivity contribution in [1.82, 2.24) is 0 Å². The predicted molar refractivity (Wildman–Crippen MR) is 28.0 cm³/mol. The predicted octanol–water partition coefficient (Wildman–Crippen LogP) is 3.03. The van der Waals surface area contributed by atoms with Crippen molar-refractivity contribution in [3.05, 3.63) is 23.3 Å². The lowest BCUT2D eigenvalue weighted by molar-refractivity contribution is 0.274. The molecule has 1 aliphatic carbocycles. The fourth-order valence-corrected chi connectivity index (χ4v) is 0.698. The van der Waals surface area contributed by atoms with Crippen LogP contribution >= 0.6 is 0 Å². The average molecular weight is 170 g/mol. The van der Waals surface area contributed by atoms with Crippen LogP contribution in [0.4, 0.5) is 22.0 Å². The first kappa shape index (κ1) is 8.23. The smallest absolute Gasteiger partial charge is 0.195 e. The summed E-state index contributed by atoms with van der Waals surface area (Å²) in [6, 6.07) is 0. The zero-order valence-electron chi connectivity index (χ0n) is 5.17. The molecular weight excluding hydrogens is 167 g/mol. The van der Waals surface area contributed by atoms with Gasteiger partial charge in [-0.15, -0.1) is 0 Å². The number of halogens is 5. The lowest BCUT2D eigenvalue weighted by atomic mass is 10.1. The summed E-state index contributed by atoms with van der Waals surface area (Å²) >= 11 is 0. The zero-order chi connectivity index (χ0) is 8.59.